The van der Waals surface area contributed by atoms with Crippen LogP contribution in [0.5, 0.6) is 0 Å². The minimum absolute atomic E-state index is 0. The van der Waals surface area contributed by atoms with Crippen LogP contribution in [0.3, 0.4) is 0 Å². The molecule has 1 aromatic rings. The van der Waals surface area contributed by atoms with E-state index in [1.165, 1.54) is 0 Å². The summed E-state index contributed by atoms with van der Waals surface area (Å²) in [6.45, 7) is 6.82. The molecule has 0 amide bonds. The lowest BCUT2D eigenvalue weighted by Gasteiger charge is -2.29. The summed E-state index contributed by atoms with van der Waals surface area (Å²) in [7, 11) is 1.55. The number of rotatable bonds is 6. The van der Waals surface area contributed by atoms with Gasteiger partial charge >= 0.3 is 6.18 Å². The zero-order valence-electron chi connectivity index (χ0n) is 16.0. The molecule has 10 heteroatoms. The largest absolute Gasteiger partial charge is 0.416 e. The van der Waals surface area contributed by atoms with Crippen LogP contribution in [0.4, 0.5) is 17.6 Å². The van der Waals surface area contributed by atoms with Gasteiger partial charge in [0, 0.05) is 39.8 Å². The van der Waals surface area contributed by atoms with Crippen LogP contribution in [-0.4, -0.2) is 57.3 Å². The molecule has 1 saturated heterocycles. The fourth-order valence-electron chi connectivity index (χ4n) is 2.93. The SMILES string of the molecule is CN=C(NCc1ccc(F)cc1C(F)(F)F)NCC(C)CN1CCOCC1.I. The Hall–Kier alpha value is -1.14. The van der Waals surface area contributed by atoms with Crippen molar-refractivity contribution < 1.29 is 22.3 Å². The normalized spacial score (nSPS) is 17.0. The van der Waals surface area contributed by atoms with Crippen molar-refractivity contribution in [1.82, 2.24) is 15.5 Å². The molecule has 1 atom stereocenters. The van der Waals surface area contributed by atoms with Crippen LogP contribution in [0.2, 0.25) is 0 Å². The Balaban J connectivity index is 0.00000392. The number of hydrogen-bond donors (Lipinski definition) is 2. The number of hydrogen-bond acceptors (Lipinski definition) is 3. The van der Waals surface area contributed by atoms with Crippen molar-refractivity contribution >= 4 is 29.9 Å². The third-order valence-electron chi connectivity index (χ3n) is 4.34. The van der Waals surface area contributed by atoms with E-state index < -0.39 is 17.6 Å². The van der Waals surface area contributed by atoms with Gasteiger partial charge in [-0.05, 0) is 23.6 Å². The second kappa shape index (κ2) is 11.8. The summed E-state index contributed by atoms with van der Waals surface area (Å²) in [6, 6.07) is 2.67. The van der Waals surface area contributed by atoms with Gasteiger partial charge in [-0.3, -0.25) is 9.89 Å². The minimum Gasteiger partial charge on any atom is -0.379 e. The molecule has 0 bridgehead atoms. The first-order chi connectivity index (χ1) is 12.8. The third-order valence-corrected chi connectivity index (χ3v) is 4.34. The summed E-state index contributed by atoms with van der Waals surface area (Å²) in [5, 5.41) is 5.98. The molecule has 5 nitrogen and oxygen atoms in total. The fourth-order valence-corrected chi connectivity index (χ4v) is 2.93. The maximum atomic E-state index is 13.2. The van der Waals surface area contributed by atoms with E-state index in [4.69, 9.17) is 4.74 Å². The number of guanidine groups is 1. The highest BCUT2D eigenvalue weighted by Crippen LogP contribution is 2.32. The van der Waals surface area contributed by atoms with Crippen molar-refractivity contribution in [3.05, 3.63) is 35.1 Å². The number of nitrogens with zero attached hydrogens (tertiary/aromatic N) is 2. The molecule has 1 aromatic carbocycles. The van der Waals surface area contributed by atoms with Crippen LogP contribution in [0.15, 0.2) is 23.2 Å². The van der Waals surface area contributed by atoms with Crippen molar-refractivity contribution in [2.45, 2.75) is 19.6 Å². The van der Waals surface area contributed by atoms with E-state index in [1.54, 1.807) is 7.05 Å². The monoisotopic (exact) mass is 518 g/mol. The van der Waals surface area contributed by atoms with Gasteiger partial charge < -0.3 is 15.4 Å². The molecule has 0 aliphatic carbocycles. The first-order valence-electron chi connectivity index (χ1n) is 8.90. The third kappa shape index (κ3) is 8.08. The molecular formula is C18H27F4IN4O. The van der Waals surface area contributed by atoms with Gasteiger partial charge in [0.2, 0.25) is 0 Å². The van der Waals surface area contributed by atoms with Crippen LogP contribution in [0, 0.1) is 11.7 Å². The molecule has 0 aromatic heterocycles. The zero-order valence-corrected chi connectivity index (χ0v) is 18.3. The Bertz CT molecular complexity index is 637. The number of benzene rings is 1. The highest BCUT2D eigenvalue weighted by Gasteiger charge is 2.33. The van der Waals surface area contributed by atoms with E-state index in [1.807, 2.05) is 0 Å². The average molecular weight is 518 g/mol. The lowest BCUT2D eigenvalue weighted by Crippen LogP contribution is -2.43. The van der Waals surface area contributed by atoms with Crippen molar-refractivity contribution in [2.75, 3.05) is 46.4 Å². The number of alkyl halides is 3. The minimum atomic E-state index is -4.61. The predicted molar refractivity (Wildman–Crippen MR) is 111 cm³/mol. The number of nitrogens with one attached hydrogen (secondary N) is 2. The average Bonchev–Trinajstić information content (AvgIpc) is 2.62. The van der Waals surface area contributed by atoms with Crippen molar-refractivity contribution in [2.24, 2.45) is 10.9 Å². The number of aliphatic imine (C=N–C) groups is 1. The van der Waals surface area contributed by atoms with Gasteiger partial charge in [-0.15, -0.1) is 24.0 Å². The molecule has 2 rings (SSSR count). The van der Waals surface area contributed by atoms with E-state index in [-0.39, 0.29) is 36.1 Å². The van der Waals surface area contributed by atoms with Gasteiger partial charge in [0.25, 0.3) is 0 Å². The van der Waals surface area contributed by atoms with Gasteiger partial charge in [-0.2, -0.15) is 13.2 Å². The second-order valence-corrected chi connectivity index (χ2v) is 6.62. The molecule has 28 heavy (non-hydrogen) atoms. The Kier molecular flexibility index (Phi) is 10.5. The fraction of sp³-hybridized carbons (Fsp3) is 0.611. The summed E-state index contributed by atoms with van der Waals surface area (Å²) in [5.74, 6) is -0.176. The van der Waals surface area contributed by atoms with Crippen LogP contribution in [0.1, 0.15) is 18.1 Å². The summed E-state index contributed by atoms with van der Waals surface area (Å²) < 4.78 is 57.7. The Morgan fingerprint density at radius 2 is 1.93 bits per heavy atom. The Morgan fingerprint density at radius 1 is 1.25 bits per heavy atom. The smallest absolute Gasteiger partial charge is 0.379 e. The van der Waals surface area contributed by atoms with Gasteiger partial charge in [0.15, 0.2) is 5.96 Å². The van der Waals surface area contributed by atoms with Crippen LogP contribution < -0.4 is 10.6 Å². The lowest BCUT2D eigenvalue weighted by atomic mass is 10.1. The van der Waals surface area contributed by atoms with E-state index in [9.17, 15) is 17.6 Å². The van der Waals surface area contributed by atoms with E-state index in [2.05, 4.69) is 27.4 Å². The lowest BCUT2D eigenvalue weighted by molar-refractivity contribution is -0.138. The molecule has 0 spiro atoms. The maximum absolute atomic E-state index is 13.2. The van der Waals surface area contributed by atoms with Crippen molar-refractivity contribution in [3.8, 4) is 0 Å². The second-order valence-electron chi connectivity index (χ2n) is 6.62. The van der Waals surface area contributed by atoms with Crippen molar-refractivity contribution in [3.63, 3.8) is 0 Å². The first-order valence-corrected chi connectivity index (χ1v) is 8.90. The van der Waals surface area contributed by atoms with Gasteiger partial charge in [0.1, 0.15) is 5.82 Å². The molecule has 1 aliphatic heterocycles. The van der Waals surface area contributed by atoms with Gasteiger partial charge in [-0.25, -0.2) is 4.39 Å². The number of morpholine rings is 1. The summed E-state index contributed by atoms with van der Waals surface area (Å²) in [4.78, 5) is 6.36. The van der Waals surface area contributed by atoms with E-state index in [0.717, 1.165) is 45.0 Å². The van der Waals surface area contributed by atoms with Gasteiger partial charge in [0.05, 0.1) is 18.8 Å². The van der Waals surface area contributed by atoms with E-state index >= 15 is 0 Å². The van der Waals surface area contributed by atoms with Crippen LogP contribution in [-0.2, 0) is 17.5 Å². The van der Waals surface area contributed by atoms with Crippen LogP contribution in [0.25, 0.3) is 0 Å². The number of ether oxygens (including phenoxy) is 1. The molecule has 2 N–H and O–H groups in total. The van der Waals surface area contributed by atoms with E-state index in [0.29, 0.717) is 24.5 Å². The first kappa shape index (κ1) is 24.9. The van der Waals surface area contributed by atoms with Gasteiger partial charge in [-0.1, -0.05) is 13.0 Å². The molecule has 1 heterocycles. The highest BCUT2D eigenvalue weighted by atomic mass is 127. The zero-order chi connectivity index (χ0) is 19.9. The maximum Gasteiger partial charge on any atom is 0.416 e. The number of halogens is 5. The molecule has 1 aliphatic rings. The molecule has 1 fully saturated rings. The van der Waals surface area contributed by atoms with Crippen LogP contribution >= 0.6 is 24.0 Å². The Morgan fingerprint density at radius 3 is 2.54 bits per heavy atom. The summed E-state index contributed by atoms with van der Waals surface area (Å²) in [5.41, 5.74) is -1.01. The Labute approximate surface area is 179 Å². The molecular weight excluding hydrogens is 491 g/mol. The highest BCUT2D eigenvalue weighted by molar-refractivity contribution is 14.0. The topological polar surface area (TPSA) is 48.9 Å². The standard InChI is InChI=1S/C18H26F4N4O.HI/c1-13(12-26-5-7-27-8-6-26)10-24-17(23-2)25-11-14-3-4-15(19)9-16(14)18(20,21)22;/h3-4,9,13H,5-8,10-12H2,1-2H3,(H2,23,24,25);1H. The molecule has 160 valence electrons. The predicted octanol–water partition coefficient (Wildman–Crippen LogP) is 3.10. The van der Waals surface area contributed by atoms with Crippen molar-refractivity contribution in [1.29, 1.82) is 0 Å². The molecule has 1 unspecified atom stereocenters. The summed E-state index contributed by atoms with van der Waals surface area (Å²) >= 11 is 0. The quantitative estimate of drug-likeness (QED) is 0.263. The summed E-state index contributed by atoms with van der Waals surface area (Å²) in [6.07, 6.45) is -4.61. The molecule has 0 radical (unpaired) electrons. The molecule has 0 saturated carbocycles.